The van der Waals surface area contributed by atoms with Crippen molar-refractivity contribution in [3.8, 4) is 0 Å². The van der Waals surface area contributed by atoms with Gasteiger partial charge in [0.05, 0.1) is 11.1 Å². The first-order chi connectivity index (χ1) is 12.3. The molecule has 0 aliphatic carbocycles. The maximum absolute atomic E-state index is 12.7. The van der Waals surface area contributed by atoms with Crippen LogP contribution in [0.3, 0.4) is 0 Å². The van der Waals surface area contributed by atoms with Gasteiger partial charge >= 0.3 is 5.97 Å². The van der Waals surface area contributed by atoms with E-state index in [2.05, 4.69) is 15.6 Å². The van der Waals surface area contributed by atoms with E-state index >= 15 is 0 Å². The second-order valence-electron chi connectivity index (χ2n) is 6.24. The van der Waals surface area contributed by atoms with Crippen LogP contribution in [-0.2, 0) is 20.9 Å². The van der Waals surface area contributed by atoms with Crippen LogP contribution in [0.15, 0.2) is 12.1 Å². The SMILES string of the molecule is Cc1ccc(C(=O)NC2CCC(=O)NC2=O)c2nc(C)n(CC(=O)O)c12.Cl. The van der Waals surface area contributed by atoms with Gasteiger partial charge in [0.1, 0.15) is 23.9 Å². The van der Waals surface area contributed by atoms with Crippen LogP contribution in [0.25, 0.3) is 11.0 Å². The van der Waals surface area contributed by atoms with E-state index < -0.39 is 23.8 Å². The number of amides is 3. The first kappa shape index (κ1) is 20.4. The minimum absolute atomic E-state index is 0. The second-order valence-corrected chi connectivity index (χ2v) is 6.24. The number of carboxylic acid groups (broad SMARTS) is 1. The van der Waals surface area contributed by atoms with E-state index in [-0.39, 0.29) is 43.3 Å². The van der Waals surface area contributed by atoms with Crippen molar-refractivity contribution in [2.75, 3.05) is 0 Å². The van der Waals surface area contributed by atoms with Crippen LogP contribution >= 0.6 is 12.4 Å². The van der Waals surface area contributed by atoms with Crippen molar-refractivity contribution in [2.45, 2.75) is 39.3 Å². The highest BCUT2D eigenvalue weighted by Gasteiger charge is 2.29. The molecule has 1 aromatic carbocycles. The lowest BCUT2D eigenvalue weighted by molar-refractivity contribution is -0.138. The zero-order valence-corrected chi connectivity index (χ0v) is 15.6. The quantitative estimate of drug-likeness (QED) is 0.654. The Bertz CT molecular complexity index is 952. The van der Waals surface area contributed by atoms with Crippen molar-refractivity contribution in [3.63, 3.8) is 0 Å². The van der Waals surface area contributed by atoms with Crippen LogP contribution in [0.2, 0.25) is 0 Å². The fourth-order valence-corrected chi connectivity index (χ4v) is 3.10. The van der Waals surface area contributed by atoms with Crippen LogP contribution in [0.1, 0.15) is 34.6 Å². The summed E-state index contributed by atoms with van der Waals surface area (Å²) in [6.45, 7) is 3.22. The molecule has 3 N–H and O–H groups in total. The number of hydrogen-bond acceptors (Lipinski definition) is 5. The predicted octanol–water partition coefficient (Wildman–Crippen LogP) is 0.695. The van der Waals surface area contributed by atoms with E-state index in [1.807, 2.05) is 6.92 Å². The number of carbonyl (C=O) groups is 4. The molecule has 3 amide bonds. The molecule has 0 radical (unpaired) electrons. The highest BCUT2D eigenvalue weighted by atomic mass is 35.5. The number of aryl methyl sites for hydroxylation is 2. The maximum Gasteiger partial charge on any atom is 0.323 e. The molecule has 0 spiro atoms. The third kappa shape index (κ3) is 3.92. The maximum atomic E-state index is 12.7. The van der Waals surface area contributed by atoms with Crippen molar-refractivity contribution in [3.05, 3.63) is 29.1 Å². The number of aromatic nitrogens is 2. The lowest BCUT2D eigenvalue weighted by Gasteiger charge is -2.21. The van der Waals surface area contributed by atoms with Crippen molar-refractivity contribution in [2.24, 2.45) is 0 Å². The summed E-state index contributed by atoms with van der Waals surface area (Å²) in [5.41, 5.74) is 2.00. The van der Waals surface area contributed by atoms with Crippen LogP contribution in [-0.4, -0.2) is 44.4 Å². The van der Waals surface area contributed by atoms with Gasteiger partial charge in [-0.2, -0.15) is 0 Å². The smallest absolute Gasteiger partial charge is 0.323 e. The topological polar surface area (TPSA) is 130 Å². The summed E-state index contributed by atoms with van der Waals surface area (Å²) in [7, 11) is 0. The molecule has 1 aliphatic heterocycles. The average Bonchev–Trinajstić information content (AvgIpc) is 2.87. The van der Waals surface area contributed by atoms with Crippen LogP contribution in [0, 0.1) is 13.8 Å². The molecule has 1 saturated heterocycles. The average molecular weight is 395 g/mol. The van der Waals surface area contributed by atoms with Crippen LogP contribution < -0.4 is 10.6 Å². The summed E-state index contributed by atoms with van der Waals surface area (Å²) < 4.78 is 1.54. The number of benzene rings is 1. The number of imidazole rings is 1. The Kier molecular flexibility index (Phi) is 5.85. The number of aliphatic carboxylic acids is 1. The monoisotopic (exact) mass is 394 g/mol. The number of nitrogens with zero attached hydrogens (tertiary/aromatic N) is 2. The van der Waals surface area contributed by atoms with Crippen LogP contribution in [0.4, 0.5) is 0 Å². The number of nitrogens with one attached hydrogen (secondary N) is 2. The van der Waals surface area contributed by atoms with Gasteiger partial charge in [-0.05, 0) is 31.9 Å². The van der Waals surface area contributed by atoms with Crippen molar-refractivity contribution >= 4 is 47.1 Å². The molecule has 10 heteroatoms. The minimum atomic E-state index is -1.01. The van der Waals surface area contributed by atoms with E-state index in [9.17, 15) is 19.2 Å². The molecule has 9 nitrogen and oxygen atoms in total. The van der Waals surface area contributed by atoms with E-state index in [4.69, 9.17) is 5.11 Å². The molecule has 1 aliphatic rings. The van der Waals surface area contributed by atoms with Crippen LogP contribution in [0.5, 0.6) is 0 Å². The molecule has 1 atom stereocenters. The molecule has 0 bridgehead atoms. The van der Waals surface area contributed by atoms with Gasteiger partial charge in [0.25, 0.3) is 5.91 Å². The molecular weight excluding hydrogens is 376 g/mol. The fraction of sp³-hybridized carbons (Fsp3) is 0.353. The van der Waals surface area contributed by atoms with Crippen molar-refractivity contribution < 1.29 is 24.3 Å². The first-order valence-electron chi connectivity index (χ1n) is 8.10. The number of fused-ring (bicyclic) bond motifs is 1. The largest absolute Gasteiger partial charge is 0.480 e. The number of carbonyl (C=O) groups excluding carboxylic acids is 3. The van der Waals surface area contributed by atoms with Gasteiger partial charge in [0.15, 0.2) is 0 Å². The summed E-state index contributed by atoms with van der Waals surface area (Å²) >= 11 is 0. The van der Waals surface area contributed by atoms with Gasteiger partial charge in [0.2, 0.25) is 11.8 Å². The zero-order chi connectivity index (χ0) is 19.0. The van der Waals surface area contributed by atoms with E-state index in [0.717, 1.165) is 5.56 Å². The molecule has 0 saturated carbocycles. The Hall–Kier alpha value is -2.94. The number of imide groups is 1. The summed E-state index contributed by atoms with van der Waals surface area (Å²) in [5, 5.41) is 13.9. The summed E-state index contributed by atoms with van der Waals surface area (Å²) in [6, 6.07) is 2.51. The highest BCUT2D eigenvalue weighted by Crippen LogP contribution is 2.24. The summed E-state index contributed by atoms with van der Waals surface area (Å²) in [6.07, 6.45) is 0.393. The number of halogens is 1. The molecule has 2 heterocycles. The van der Waals surface area contributed by atoms with Gasteiger partial charge in [-0.25, -0.2) is 4.98 Å². The third-order valence-electron chi connectivity index (χ3n) is 4.37. The number of piperidine rings is 1. The third-order valence-corrected chi connectivity index (χ3v) is 4.37. The van der Waals surface area contributed by atoms with Gasteiger partial charge in [0, 0.05) is 6.42 Å². The molecule has 1 aromatic heterocycles. The molecule has 144 valence electrons. The summed E-state index contributed by atoms with van der Waals surface area (Å²) in [5.74, 6) is -1.92. The lowest BCUT2D eigenvalue weighted by Crippen LogP contribution is -2.52. The van der Waals surface area contributed by atoms with Gasteiger partial charge < -0.3 is 15.0 Å². The van der Waals surface area contributed by atoms with E-state index in [0.29, 0.717) is 16.9 Å². The second kappa shape index (κ2) is 7.75. The molecule has 27 heavy (non-hydrogen) atoms. The molecule has 1 unspecified atom stereocenters. The van der Waals surface area contributed by atoms with E-state index in [1.54, 1.807) is 19.1 Å². The molecule has 3 rings (SSSR count). The molecular formula is C17H19ClN4O5. The number of carboxylic acids is 1. The number of rotatable bonds is 4. The minimum Gasteiger partial charge on any atom is -0.480 e. The van der Waals surface area contributed by atoms with Crippen molar-refractivity contribution in [1.82, 2.24) is 20.2 Å². The Labute approximate surface area is 160 Å². The predicted molar refractivity (Wildman–Crippen MR) is 97.7 cm³/mol. The van der Waals surface area contributed by atoms with Gasteiger partial charge in [-0.3, -0.25) is 24.5 Å². The van der Waals surface area contributed by atoms with E-state index in [1.165, 1.54) is 4.57 Å². The first-order valence-corrected chi connectivity index (χ1v) is 8.10. The lowest BCUT2D eigenvalue weighted by atomic mass is 10.0. The normalized spacial score (nSPS) is 16.6. The van der Waals surface area contributed by atoms with Crippen molar-refractivity contribution in [1.29, 1.82) is 0 Å². The molecule has 1 fully saturated rings. The highest BCUT2D eigenvalue weighted by molar-refractivity contribution is 6.08. The Morgan fingerprint density at radius 2 is 2.04 bits per heavy atom. The Morgan fingerprint density at radius 1 is 1.33 bits per heavy atom. The zero-order valence-electron chi connectivity index (χ0n) is 14.7. The fourth-order valence-electron chi connectivity index (χ4n) is 3.10. The van der Waals surface area contributed by atoms with Gasteiger partial charge in [-0.15, -0.1) is 12.4 Å². The molecule has 2 aromatic rings. The van der Waals surface area contributed by atoms with Gasteiger partial charge in [-0.1, -0.05) is 6.07 Å². The number of hydrogen-bond donors (Lipinski definition) is 3. The Balaban J connectivity index is 0.00000261. The standard InChI is InChI=1S/C17H18N4O5.ClH/c1-8-3-4-10(14-15(8)21(7-13(23)24)9(2)18-14)16(25)19-11-5-6-12(22)20-17(11)26;/h3-4,11H,5-7H2,1-2H3,(H,19,25)(H,23,24)(H,20,22,26);1H. The summed E-state index contributed by atoms with van der Waals surface area (Å²) in [4.78, 5) is 51.2. The Morgan fingerprint density at radius 3 is 2.67 bits per heavy atom.